The van der Waals surface area contributed by atoms with Crippen LogP contribution in [0, 0.1) is 11.8 Å². The van der Waals surface area contributed by atoms with Crippen molar-refractivity contribution in [2.75, 3.05) is 33.2 Å². The van der Waals surface area contributed by atoms with Gasteiger partial charge in [-0.25, -0.2) is 0 Å². The number of likely N-dealkylation sites (N-methyl/N-ethyl adjacent to an activating group) is 1. The highest BCUT2D eigenvalue weighted by atomic mass is 15.2. The molecule has 0 aliphatic carbocycles. The molecule has 0 bridgehead atoms. The summed E-state index contributed by atoms with van der Waals surface area (Å²) in [6.07, 6.45) is 0. The Morgan fingerprint density at radius 1 is 1.27 bits per heavy atom. The highest BCUT2D eigenvalue weighted by Gasteiger charge is 2.24. The van der Waals surface area contributed by atoms with E-state index < -0.39 is 0 Å². The van der Waals surface area contributed by atoms with Crippen molar-refractivity contribution in [3.63, 3.8) is 0 Å². The Balaban J connectivity index is 2.18. The third kappa shape index (κ3) is 2.46. The summed E-state index contributed by atoms with van der Waals surface area (Å²) in [5.74, 6) is 1.79. The first-order chi connectivity index (χ1) is 5.24. The van der Waals surface area contributed by atoms with E-state index in [1.807, 2.05) is 7.05 Å². The standard InChI is InChI=1S/C9H20N2/c1-8-6-11(5-4-10-3)7-9(8)2/h8-10H,4-7H2,1-3H3. The molecule has 1 aliphatic heterocycles. The van der Waals surface area contributed by atoms with Crippen molar-refractivity contribution in [1.82, 2.24) is 10.2 Å². The zero-order valence-corrected chi connectivity index (χ0v) is 7.93. The zero-order valence-electron chi connectivity index (χ0n) is 7.93. The molecule has 0 radical (unpaired) electrons. The summed E-state index contributed by atoms with van der Waals surface area (Å²) in [5, 5.41) is 3.18. The molecule has 0 aromatic heterocycles. The molecule has 1 aliphatic rings. The van der Waals surface area contributed by atoms with Crippen molar-refractivity contribution in [3.8, 4) is 0 Å². The maximum atomic E-state index is 3.18. The minimum Gasteiger partial charge on any atom is -0.318 e. The van der Waals surface area contributed by atoms with E-state index in [9.17, 15) is 0 Å². The largest absolute Gasteiger partial charge is 0.318 e. The molecule has 0 saturated carbocycles. The summed E-state index contributed by atoms with van der Waals surface area (Å²) in [6.45, 7) is 9.63. The summed E-state index contributed by atoms with van der Waals surface area (Å²) in [4.78, 5) is 2.55. The monoisotopic (exact) mass is 156 g/mol. The predicted molar refractivity (Wildman–Crippen MR) is 48.7 cm³/mol. The number of nitrogens with one attached hydrogen (secondary N) is 1. The van der Waals surface area contributed by atoms with E-state index >= 15 is 0 Å². The minimum atomic E-state index is 0.895. The predicted octanol–water partition coefficient (Wildman–Crippen LogP) is 0.794. The normalized spacial score (nSPS) is 33.0. The van der Waals surface area contributed by atoms with E-state index in [-0.39, 0.29) is 0 Å². The average Bonchev–Trinajstić information content (AvgIpc) is 2.28. The van der Waals surface area contributed by atoms with Gasteiger partial charge in [-0.3, -0.25) is 0 Å². The van der Waals surface area contributed by atoms with Gasteiger partial charge in [0.05, 0.1) is 0 Å². The fourth-order valence-electron chi connectivity index (χ4n) is 1.70. The molecule has 2 unspecified atom stereocenters. The molecule has 2 atom stereocenters. The lowest BCUT2D eigenvalue weighted by Crippen LogP contribution is -2.28. The van der Waals surface area contributed by atoms with Crippen LogP contribution in [0.3, 0.4) is 0 Å². The van der Waals surface area contributed by atoms with Crippen LogP contribution in [0.15, 0.2) is 0 Å². The molecule has 2 heteroatoms. The molecule has 1 fully saturated rings. The van der Waals surface area contributed by atoms with Gasteiger partial charge in [-0.1, -0.05) is 13.8 Å². The van der Waals surface area contributed by atoms with Gasteiger partial charge >= 0.3 is 0 Å². The van der Waals surface area contributed by atoms with Crippen LogP contribution in [-0.2, 0) is 0 Å². The van der Waals surface area contributed by atoms with E-state index in [1.165, 1.54) is 19.6 Å². The molecule has 1 heterocycles. The van der Waals surface area contributed by atoms with Crippen molar-refractivity contribution in [2.45, 2.75) is 13.8 Å². The topological polar surface area (TPSA) is 15.3 Å². The summed E-state index contributed by atoms with van der Waals surface area (Å²) < 4.78 is 0. The Hall–Kier alpha value is -0.0800. The summed E-state index contributed by atoms with van der Waals surface area (Å²) in [5.41, 5.74) is 0. The van der Waals surface area contributed by atoms with Gasteiger partial charge in [-0.15, -0.1) is 0 Å². The number of nitrogens with zero attached hydrogens (tertiary/aromatic N) is 1. The quantitative estimate of drug-likeness (QED) is 0.650. The fourth-order valence-corrected chi connectivity index (χ4v) is 1.70. The summed E-state index contributed by atoms with van der Waals surface area (Å²) in [6, 6.07) is 0. The van der Waals surface area contributed by atoms with Crippen molar-refractivity contribution in [1.29, 1.82) is 0 Å². The third-order valence-corrected chi connectivity index (χ3v) is 2.74. The van der Waals surface area contributed by atoms with Gasteiger partial charge in [-0.2, -0.15) is 0 Å². The van der Waals surface area contributed by atoms with Gasteiger partial charge in [0.2, 0.25) is 0 Å². The number of hydrogen-bond donors (Lipinski definition) is 1. The lowest BCUT2D eigenvalue weighted by Gasteiger charge is -2.14. The first-order valence-corrected chi connectivity index (χ1v) is 4.61. The molecule has 0 aromatic carbocycles. The van der Waals surface area contributed by atoms with Crippen LogP contribution in [0.2, 0.25) is 0 Å². The molecule has 11 heavy (non-hydrogen) atoms. The Bertz CT molecular complexity index is 104. The third-order valence-electron chi connectivity index (χ3n) is 2.74. The van der Waals surface area contributed by atoms with Crippen molar-refractivity contribution >= 4 is 0 Å². The minimum absolute atomic E-state index is 0.895. The second-order valence-electron chi connectivity index (χ2n) is 3.82. The molecule has 1 saturated heterocycles. The summed E-state index contributed by atoms with van der Waals surface area (Å²) in [7, 11) is 2.02. The number of hydrogen-bond acceptors (Lipinski definition) is 2. The van der Waals surface area contributed by atoms with Crippen LogP contribution in [0.1, 0.15) is 13.8 Å². The van der Waals surface area contributed by atoms with Crippen LogP contribution in [0.5, 0.6) is 0 Å². The molecule has 1 N–H and O–H groups in total. The molecule has 2 nitrogen and oxygen atoms in total. The van der Waals surface area contributed by atoms with Gasteiger partial charge in [0.25, 0.3) is 0 Å². The highest BCUT2D eigenvalue weighted by molar-refractivity contribution is 4.78. The van der Waals surface area contributed by atoms with Gasteiger partial charge in [0.1, 0.15) is 0 Å². The molecule has 1 rings (SSSR count). The maximum Gasteiger partial charge on any atom is 0.0107 e. The second-order valence-corrected chi connectivity index (χ2v) is 3.82. The van der Waals surface area contributed by atoms with E-state index in [0.29, 0.717) is 0 Å². The SMILES string of the molecule is CNCCN1CC(C)C(C)C1. The second kappa shape index (κ2) is 4.07. The number of rotatable bonds is 3. The molecule has 66 valence electrons. The van der Waals surface area contributed by atoms with Gasteiger partial charge in [0.15, 0.2) is 0 Å². The Morgan fingerprint density at radius 2 is 1.82 bits per heavy atom. The van der Waals surface area contributed by atoms with Crippen molar-refractivity contribution in [3.05, 3.63) is 0 Å². The van der Waals surface area contributed by atoms with Crippen LogP contribution >= 0.6 is 0 Å². The van der Waals surface area contributed by atoms with E-state index in [0.717, 1.165) is 18.4 Å². The maximum absolute atomic E-state index is 3.18. The zero-order chi connectivity index (χ0) is 8.27. The lowest BCUT2D eigenvalue weighted by molar-refractivity contribution is 0.325. The van der Waals surface area contributed by atoms with E-state index in [4.69, 9.17) is 0 Å². The van der Waals surface area contributed by atoms with Crippen LogP contribution in [-0.4, -0.2) is 38.1 Å². The average molecular weight is 156 g/mol. The highest BCUT2D eigenvalue weighted by Crippen LogP contribution is 2.21. The van der Waals surface area contributed by atoms with Crippen molar-refractivity contribution in [2.24, 2.45) is 11.8 Å². The van der Waals surface area contributed by atoms with Crippen LogP contribution in [0.25, 0.3) is 0 Å². The van der Waals surface area contributed by atoms with E-state index in [1.54, 1.807) is 0 Å². The number of likely N-dealkylation sites (tertiary alicyclic amines) is 1. The smallest absolute Gasteiger partial charge is 0.0107 e. The molecule has 0 amide bonds. The Kier molecular flexibility index (Phi) is 3.34. The van der Waals surface area contributed by atoms with Crippen molar-refractivity contribution < 1.29 is 0 Å². The first kappa shape index (κ1) is 9.01. The molecular weight excluding hydrogens is 136 g/mol. The molecule has 0 spiro atoms. The fraction of sp³-hybridized carbons (Fsp3) is 1.00. The van der Waals surface area contributed by atoms with Crippen LogP contribution < -0.4 is 5.32 Å². The Morgan fingerprint density at radius 3 is 2.27 bits per heavy atom. The molecule has 0 aromatic rings. The Labute approximate surface area is 70.0 Å². The first-order valence-electron chi connectivity index (χ1n) is 4.61. The molecular formula is C9H20N2. The van der Waals surface area contributed by atoms with Gasteiger partial charge < -0.3 is 10.2 Å². The van der Waals surface area contributed by atoms with Gasteiger partial charge in [-0.05, 0) is 18.9 Å². The summed E-state index contributed by atoms with van der Waals surface area (Å²) >= 11 is 0. The van der Waals surface area contributed by atoms with E-state index in [2.05, 4.69) is 24.1 Å². The van der Waals surface area contributed by atoms with Gasteiger partial charge in [0, 0.05) is 26.2 Å². The van der Waals surface area contributed by atoms with Crippen LogP contribution in [0.4, 0.5) is 0 Å². The lowest BCUT2D eigenvalue weighted by atomic mass is 10.0.